The van der Waals surface area contributed by atoms with E-state index in [1.807, 2.05) is 0 Å². The number of hydrogen-bond donors (Lipinski definition) is 0. The molecular weight excluding hydrogens is 230 g/mol. The van der Waals surface area contributed by atoms with Crippen molar-refractivity contribution >= 4 is 17.3 Å². The van der Waals surface area contributed by atoms with Crippen molar-refractivity contribution in [3.8, 4) is 0 Å². The fourth-order valence-electron chi connectivity index (χ4n) is 1.88. The van der Waals surface area contributed by atoms with Crippen LogP contribution in [0.3, 0.4) is 0 Å². The maximum absolute atomic E-state index is 12.1. The lowest BCUT2D eigenvalue weighted by molar-refractivity contribution is -0.129. The Morgan fingerprint density at radius 1 is 1.12 bits per heavy atom. The molecule has 0 saturated heterocycles. The van der Waals surface area contributed by atoms with Crippen molar-refractivity contribution in [2.75, 3.05) is 0 Å². The molecule has 0 unspecified atom stereocenters. The molecule has 2 rings (SSSR count). The number of carbonyl (C=O) groups excluding carboxylic acids is 3. The number of fused-ring (bicyclic) bond motifs is 1. The van der Waals surface area contributed by atoms with Gasteiger partial charge in [0, 0.05) is 17.5 Å². The maximum atomic E-state index is 12.1. The molecule has 1 aromatic rings. The summed E-state index contributed by atoms with van der Waals surface area (Å²) in [5.74, 6) is -3.72. The zero-order valence-electron chi connectivity index (χ0n) is 8.65. The van der Waals surface area contributed by atoms with Gasteiger partial charge < -0.3 is 0 Å². The summed E-state index contributed by atoms with van der Waals surface area (Å²) >= 11 is 0. The second kappa shape index (κ2) is 4.16. The molecular formula is C12H8F2O3. The minimum Gasteiger partial charge on any atom is -0.293 e. The van der Waals surface area contributed by atoms with Gasteiger partial charge in [0.05, 0.1) is 5.92 Å². The number of alkyl halides is 2. The molecule has 0 aromatic heterocycles. The van der Waals surface area contributed by atoms with Crippen LogP contribution in [0.25, 0.3) is 0 Å². The Bertz CT molecular complexity index is 473. The van der Waals surface area contributed by atoms with Crippen LogP contribution in [-0.4, -0.2) is 23.8 Å². The predicted octanol–water partition coefficient (Wildman–Crippen LogP) is 1.91. The fraction of sp³-hybridized carbons (Fsp3) is 0.250. The normalized spacial score (nSPS) is 15.5. The van der Waals surface area contributed by atoms with Crippen LogP contribution in [-0.2, 0) is 4.79 Å². The average Bonchev–Trinajstić information content (AvgIpc) is 2.55. The Hall–Kier alpha value is -1.91. The van der Waals surface area contributed by atoms with Gasteiger partial charge in [0.2, 0.25) is 0 Å². The summed E-state index contributed by atoms with van der Waals surface area (Å²) in [6.07, 6.45) is -3.86. The van der Waals surface area contributed by atoms with Crippen LogP contribution in [0.5, 0.6) is 0 Å². The average molecular weight is 238 g/mol. The second-order valence-electron chi connectivity index (χ2n) is 3.80. The molecule has 0 fully saturated rings. The van der Waals surface area contributed by atoms with Gasteiger partial charge in [0.25, 0.3) is 6.43 Å². The number of Topliss-reactive ketones (excluding diaryl/α,β-unsaturated/α-hetero) is 3. The largest absolute Gasteiger partial charge is 0.296 e. The lowest BCUT2D eigenvalue weighted by atomic mass is 9.97. The van der Waals surface area contributed by atoms with Gasteiger partial charge in [-0.25, -0.2) is 8.78 Å². The first-order chi connectivity index (χ1) is 8.02. The standard InChI is InChI=1S/C12H8F2O3/c13-12(14)9(15)5-8-10(16)6-3-1-2-4-7(6)11(8)17/h1-4,8,12H,5H2. The van der Waals surface area contributed by atoms with Gasteiger partial charge in [-0.3, -0.25) is 14.4 Å². The van der Waals surface area contributed by atoms with Crippen LogP contribution in [0.2, 0.25) is 0 Å². The molecule has 1 aliphatic carbocycles. The van der Waals surface area contributed by atoms with Gasteiger partial charge in [-0.1, -0.05) is 24.3 Å². The summed E-state index contributed by atoms with van der Waals surface area (Å²) in [7, 11) is 0. The van der Waals surface area contributed by atoms with Crippen LogP contribution >= 0.6 is 0 Å². The van der Waals surface area contributed by atoms with Gasteiger partial charge >= 0.3 is 0 Å². The molecule has 3 nitrogen and oxygen atoms in total. The highest BCUT2D eigenvalue weighted by Gasteiger charge is 2.40. The number of hydrogen-bond acceptors (Lipinski definition) is 3. The van der Waals surface area contributed by atoms with E-state index in [4.69, 9.17) is 0 Å². The van der Waals surface area contributed by atoms with Gasteiger partial charge in [-0.2, -0.15) is 0 Å². The van der Waals surface area contributed by atoms with Crippen molar-refractivity contribution in [2.24, 2.45) is 5.92 Å². The van der Waals surface area contributed by atoms with E-state index >= 15 is 0 Å². The first-order valence-corrected chi connectivity index (χ1v) is 5.00. The first kappa shape index (κ1) is 11.6. The quantitative estimate of drug-likeness (QED) is 0.756. The highest BCUT2D eigenvalue weighted by molar-refractivity contribution is 6.27. The molecule has 1 aromatic carbocycles. The Balaban J connectivity index is 2.28. The maximum Gasteiger partial charge on any atom is 0.296 e. The summed E-state index contributed by atoms with van der Waals surface area (Å²) in [6.45, 7) is 0. The molecule has 0 spiro atoms. The molecule has 0 heterocycles. The highest BCUT2D eigenvalue weighted by Crippen LogP contribution is 2.29. The van der Waals surface area contributed by atoms with Crippen LogP contribution in [0.1, 0.15) is 27.1 Å². The molecule has 88 valence electrons. The SMILES string of the molecule is O=C(CC1C(=O)c2ccccc2C1=O)C(F)F. The highest BCUT2D eigenvalue weighted by atomic mass is 19.3. The molecule has 0 bridgehead atoms. The monoisotopic (exact) mass is 238 g/mol. The number of benzene rings is 1. The van der Waals surface area contributed by atoms with Crippen molar-refractivity contribution in [1.82, 2.24) is 0 Å². The molecule has 0 atom stereocenters. The van der Waals surface area contributed by atoms with Crippen molar-refractivity contribution in [3.05, 3.63) is 35.4 Å². The Morgan fingerprint density at radius 3 is 2.00 bits per heavy atom. The van der Waals surface area contributed by atoms with E-state index in [9.17, 15) is 23.2 Å². The van der Waals surface area contributed by atoms with Crippen molar-refractivity contribution in [2.45, 2.75) is 12.8 Å². The number of rotatable bonds is 3. The Kier molecular flexibility index (Phi) is 2.83. The third-order valence-corrected chi connectivity index (χ3v) is 2.74. The predicted molar refractivity (Wildman–Crippen MR) is 54.2 cm³/mol. The van der Waals surface area contributed by atoms with Gasteiger partial charge in [-0.15, -0.1) is 0 Å². The lowest BCUT2D eigenvalue weighted by Gasteiger charge is -2.04. The van der Waals surface area contributed by atoms with Crippen molar-refractivity contribution in [1.29, 1.82) is 0 Å². The summed E-state index contributed by atoms with van der Waals surface area (Å²) < 4.78 is 24.2. The number of ketones is 3. The molecule has 0 aliphatic heterocycles. The van der Waals surface area contributed by atoms with Gasteiger partial charge in [0.15, 0.2) is 17.3 Å². The fourth-order valence-corrected chi connectivity index (χ4v) is 1.88. The van der Waals surface area contributed by atoms with Gasteiger partial charge in [-0.05, 0) is 0 Å². The van der Waals surface area contributed by atoms with Crippen molar-refractivity contribution < 1.29 is 23.2 Å². The second-order valence-corrected chi connectivity index (χ2v) is 3.80. The third-order valence-electron chi connectivity index (χ3n) is 2.74. The zero-order valence-corrected chi connectivity index (χ0v) is 8.65. The minimum atomic E-state index is -3.14. The van der Waals surface area contributed by atoms with E-state index < -0.39 is 36.1 Å². The minimum absolute atomic E-state index is 0.213. The van der Waals surface area contributed by atoms with E-state index in [1.165, 1.54) is 12.1 Å². The third kappa shape index (κ3) is 1.88. The molecule has 0 saturated carbocycles. The summed E-state index contributed by atoms with van der Waals surface area (Å²) in [5, 5.41) is 0. The van der Waals surface area contributed by atoms with Crippen molar-refractivity contribution in [3.63, 3.8) is 0 Å². The van der Waals surface area contributed by atoms with Gasteiger partial charge in [0.1, 0.15) is 0 Å². The Morgan fingerprint density at radius 2 is 1.59 bits per heavy atom. The van der Waals surface area contributed by atoms with Crippen LogP contribution in [0, 0.1) is 5.92 Å². The topological polar surface area (TPSA) is 51.2 Å². The van der Waals surface area contributed by atoms with Crippen LogP contribution in [0.15, 0.2) is 24.3 Å². The van der Waals surface area contributed by atoms with E-state index in [2.05, 4.69) is 0 Å². The lowest BCUT2D eigenvalue weighted by Crippen LogP contribution is -2.22. The number of carbonyl (C=O) groups is 3. The summed E-state index contributed by atoms with van der Waals surface area (Å²) in [5.41, 5.74) is 0.425. The molecule has 0 N–H and O–H groups in total. The Labute approximate surface area is 95.4 Å². The van der Waals surface area contributed by atoms with E-state index in [1.54, 1.807) is 12.1 Å². The van der Waals surface area contributed by atoms with Crippen LogP contribution in [0.4, 0.5) is 8.78 Å². The van der Waals surface area contributed by atoms with E-state index in [0.717, 1.165) is 0 Å². The smallest absolute Gasteiger partial charge is 0.293 e. The summed E-state index contributed by atoms with van der Waals surface area (Å²) in [6, 6.07) is 6.09. The molecule has 17 heavy (non-hydrogen) atoms. The molecule has 5 heteroatoms. The summed E-state index contributed by atoms with van der Waals surface area (Å²) in [4.78, 5) is 34.4. The molecule has 0 amide bonds. The number of halogens is 2. The first-order valence-electron chi connectivity index (χ1n) is 5.00. The molecule has 0 radical (unpaired) electrons. The van der Waals surface area contributed by atoms with Crippen LogP contribution < -0.4 is 0 Å². The zero-order chi connectivity index (χ0) is 12.6. The van der Waals surface area contributed by atoms with E-state index in [0.29, 0.717) is 0 Å². The van der Waals surface area contributed by atoms with E-state index in [-0.39, 0.29) is 11.1 Å². The molecule has 1 aliphatic rings.